The van der Waals surface area contributed by atoms with Gasteiger partial charge in [-0.2, -0.15) is 4.31 Å². The smallest absolute Gasteiger partial charge is 0.322 e. The first-order chi connectivity index (χ1) is 12.7. The fourth-order valence-electron chi connectivity index (χ4n) is 2.68. The summed E-state index contributed by atoms with van der Waals surface area (Å²) in [7, 11) is -3.59. The molecule has 0 aromatic heterocycles. The molecule has 0 radical (unpaired) electrons. The number of carbonyl (C=O) groups excluding carboxylic acids is 2. The highest BCUT2D eigenvalue weighted by atomic mass is 32.2. The molecule has 0 unspecified atom stereocenters. The van der Waals surface area contributed by atoms with E-state index < -0.39 is 28.4 Å². The number of carboxylic acid groups (broad SMARTS) is 1. The summed E-state index contributed by atoms with van der Waals surface area (Å²) in [5.41, 5.74) is 0.969. The molecule has 2 N–H and O–H groups in total. The van der Waals surface area contributed by atoms with Crippen molar-refractivity contribution in [1.82, 2.24) is 14.5 Å². The monoisotopic (exact) mass is 397 g/mol. The summed E-state index contributed by atoms with van der Waals surface area (Å²) in [6, 6.07) is 6.61. The summed E-state index contributed by atoms with van der Waals surface area (Å²) in [4.78, 5) is 35.8. The quantitative estimate of drug-likeness (QED) is 0.657. The molecule has 1 heterocycles. The lowest BCUT2D eigenvalue weighted by molar-refractivity contribution is -0.138. The lowest BCUT2D eigenvalue weighted by Gasteiger charge is -2.34. The molecule has 1 aliphatic heterocycles. The van der Waals surface area contributed by atoms with Gasteiger partial charge in [0.1, 0.15) is 6.54 Å². The van der Waals surface area contributed by atoms with E-state index in [1.54, 1.807) is 24.3 Å². The molecule has 27 heavy (non-hydrogen) atoms. The molecule has 2 rings (SSSR count). The maximum Gasteiger partial charge on any atom is 0.322 e. The molecule has 10 heteroatoms. The van der Waals surface area contributed by atoms with Crippen LogP contribution in [0.5, 0.6) is 0 Å². The van der Waals surface area contributed by atoms with Gasteiger partial charge in [-0.1, -0.05) is 17.7 Å². The molecule has 2 amide bonds. The van der Waals surface area contributed by atoms with Crippen LogP contribution in [-0.4, -0.2) is 73.2 Å². The average molecular weight is 397 g/mol. The fourth-order valence-corrected chi connectivity index (χ4v) is 4.10. The van der Waals surface area contributed by atoms with Gasteiger partial charge in [0.05, 0.1) is 4.90 Å². The molecule has 0 aliphatic carbocycles. The first-order valence-electron chi connectivity index (χ1n) is 8.53. The molecular weight excluding hydrogens is 374 g/mol. The van der Waals surface area contributed by atoms with Gasteiger partial charge >= 0.3 is 5.97 Å². The number of carboxylic acids is 1. The third-order valence-electron chi connectivity index (χ3n) is 4.25. The van der Waals surface area contributed by atoms with Gasteiger partial charge in [-0.25, -0.2) is 8.42 Å². The number of hydrogen-bond donors (Lipinski definition) is 2. The Bertz CT molecular complexity index is 798. The number of piperazine rings is 1. The van der Waals surface area contributed by atoms with Gasteiger partial charge in [-0.3, -0.25) is 14.4 Å². The molecule has 0 atom stereocenters. The summed E-state index contributed by atoms with van der Waals surface area (Å²) in [6.07, 6.45) is -0.149. The number of aryl methyl sites for hydroxylation is 1. The van der Waals surface area contributed by atoms with Gasteiger partial charge in [0.15, 0.2) is 0 Å². The Labute approximate surface area is 158 Å². The van der Waals surface area contributed by atoms with E-state index in [4.69, 9.17) is 5.11 Å². The second kappa shape index (κ2) is 8.96. The number of nitrogens with zero attached hydrogens (tertiary/aromatic N) is 2. The van der Waals surface area contributed by atoms with Crippen LogP contribution in [0.2, 0.25) is 0 Å². The van der Waals surface area contributed by atoms with Crippen molar-refractivity contribution >= 4 is 27.8 Å². The van der Waals surface area contributed by atoms with E-state index in [1.807, 2.05) is 6.92 Å². The molecule has 1 saturated heterocycles. The van der Waals surface area contributed by atoms with E-state index in [2.05, 4.69) is 5.32 Å². The van der Waals surface area contributed by atoms with Gasteiger partial charge in [0.2, 0.25) is 21.8 Å². The number of nitrogens with one attached hydrogen (secondary N) is 1. The van der Waals surface area contributed by atoms with E-state index in [0.717, 1.165) is 5.56 Å². The molecular formula is C17H23N3O6S. The topological polar surface area (TPSA) is 124 Å². The van der Waals surface area contributed by atoms with Crippen molar-refractivity contribution in [1.29, 1.82) is 0 Å². The number of aliphatic carboxylic acids is 1. The van der Waals surface area contributed by atoms with Gasteiger partial charge < -0.3 is 15.3 Å². The van der Waals surface area contributed by atoms with Crippen molar-refractivity contribution < 1.29 is 27.9 Å². The predicted octanol–water partition coefficient (Wildman–Crippen LogP) is -0.191. The van der Waals surface area contributed by atoms with E-state index in [0.29, 0.717) is 0 Å². The van der Waals surface area contributed by atoms with Gasteiger partial charge in [0.25, 0.3) is 0 Å². The Morgan fingerprint density at radius 2 is 1.63 bits per heavy atom. The Balaban J connectivity index is 1.83. The summed E-state index contributed by atoms with van der Waals surface area (Å²) >= 11 is 0. The minimum absolute atomic E-state index is 0.0455. The molecule has 1 aromatic carbocycles. The summed E-state index contributed by atoms with van der Waals surface area (Å²) in [5.74, 6) is -1.92. The van der Waals surface area contributed by atoms with Crippen molar-refractivity contribution in [2.45, 2.75) is 24.7 Å². The number of benzene rings is 1. The second-order valence-electron chi connectivity index (χ2n) is 6.27. The molecule has 0 bridgehead atoms. The Hall–Kier alpha value is -2.46. The van der Waals surface area contributed by atoms with Crippen LogP contribution in [0.3, 0.4) is 0 Å². The maximum atomic E-state index is 12.6. The van der Waals surface area contributed by atoms with Crippen molar-refractivity contribution in [2.75, 3.05) is 32.7 Å². The Kier molecular flexibility index (Phi) is 6.92. The van der Waals surface area contributed by atoms with E-state index >= 15 is 0 Å². The number of hydrogen-bond acceptors (Lipinski definition) is 5. The number of carbonyl (C=O) groups is 3. The zero-order valence-electron chi connectivity index (χ0n) is 15.1. The van der Waals surface area contributed by atoms with Crippen molar-refractivity contribution in [3.63, 3.8) is 0 Å². The van der Waals surface area contributed by atoms with Crippen LogP contribution in [0.4, 0.5) is 0 Å². The van der Waals surface area contributed by atoms with Crippen LogP contribution in [0.15, 0.2) is 29.2 Å². The first-order valence-corrected chi connectivity index (χ1v) is 9.97. The number of rotatable bonds is 7. The largest absolute Gasteiger partial charge is 0.480 e. The SMILES string of the molecule is Cc1ccc(S(=O)(=O)N2CCN(C(=O)CCC(=O)NCC(=O)O)CC2)cc1. The summed E-state index contributed by atoms with van der Waals surface area (Å²) in [6.45, 7) is 2.27. The zero-order valence-corrected chi connectivity index (χ0v) is 15.9. The third-order valence-corrected chi connectivity index (χ3v) is 6.17. The van der Waals surface area contributed by atoms with Crippen LogP contribution in [0, 0.1) is 6.92 Å². The molecule has 1 aromatic rings. The maximum absolute atomic E-state index is 12.6. The molecule has 148 valence electrons. The molecule has 0 saturated carbocycles. The lowest BCUT2D eigenvalue weighted by Crippen LogP contribution is -2.50. The lowest BCUT2D eigenvalue weighted by atomic mass is 10.2. The number of sulfonamides is 1. The van der Waals surface area contributed by atoms with Gasteiger partial charge in [-0.15, -0.1) is 0 Å². The van der Waals surface area contributed by atoms with Crippen LogP contribution < -0.4 is 5.32 Å². The van der Waals surface area contributed by atoms with Crippen molar-refractivity contribution in [3.8, 4) is 0 Å². The highest BCUT2D eigenvalue weighted by Gasteiger charge is 2.30. The van der Waals surface area contributed by atoms with Crippen LogP contribution in [-0.2, 0) is 24.4 Å². The number of amides is 2. The molecule has 9 nitrogen and oxygen atoms in total. The second-order valence-corrected chi connectivity index (χ2v) is 8.21. The average Bonchev–Trinajstić information content (AvgIpc) is 2.64. The molecule has 1 fully saturated rings. The normalized spacial score (nSPS) is 15.4. The fraction of sp³-hybridized carbons (Fsp3) is 0.471. The third kappa shape index (κ3) is 5.76. The van der Waals surface area contributed by atoms with Crippen molar-refractivity contribution in [2.24, 2.45) is 0 Å². The summed E-state index contributed by atoms with van der Waals surface area (Å²) in [5, 5.41) is 10.7. The first kappa shape index (κ1) is 20.8. The van der Waals surface area contributed by atoms with E-state index in [1.165, 1.54) is 9.21 Å². The highest BCUT2D eigenvalue weighted by molar-refractivity contribution is 7.89. The predicted molar refractivity (Wildman–Crippen MR) is 96.4 cm³/mol. The zero-order chi connectivity index (χ0) is 20.0. The minimum atomic E-state index is -3.59. The standard InChI is InChI=1S/C17H23N3O6S/c1-13-2-4-14(5-3-13)27(25,26)20-10-8-19(9-11-20)16(22)7-6-15(21)18-12-17(23)24/h2-5H,6-12H2,1H3,(H,18,21)(H,23,24). The minimum Gasteiger partial charge on any atom is -0.480 e. The van der Waals surface area contributed by atoms with Crippen LogP contribution in [0.25, 0.3) is 0 Å². The van der Waals surface area contributed by atoms with E-state index in [9.17, 15) is 22.8 Å². The Morgan fingerprint density at radius 3 is 2.19 bits per heavy atom. The van der Waals surface area contributed by atoms with E-state index in [-0.39, 0.29) is 49.8 Å². The van der Waals surface area contributed by atoms with Gasteiger partial charge in [-0.05, 0) is 19.1 Å². The van der Waals surface area contributed by atoms with Crippen LogP contribution in [0.1, 0.15) is 18.4 Å². The highest BCUT2D eigenvalue weighted by Crippen LogP contribution is 2.18. The molecule has 0 spiro atoms. The molecule has 1 aliphatic rings. The van der Waals surface area contributed by atoms with Crippen molar-refractivity contribution in [3.05, 3.63) is 29.8 Å². The van der Waals surface area contributed by atoms with Crippen LogP contribution >= 0.6 is 0 Å². The Morgan fingerprint density at radius 1 is 1.04 bits per heavy atom. The van der Waals surface area contributed by atoms with Gasteiger partial charge in [0, 0.05) is 39.0 Å². The summed E-state index contributed by atoms with van der Waals surface area (Å²) < 4.78 is 26.6.